The number of esters is 1. The Morgan fingerprint density at radius 1 is 0.828 bits per heavy atom. The van der Waals surface area contributed by atoms with Gasteiger partial charge in [-0.05, 0) is 58.1 Å². The highest BCUT2D eigenvalue weighted by atomic mass is 16.6. The number of amides is 2. The summed E-state index contributed by atoms with van der Waals surface area (Å²) in [4.78, 5) is 47.5. The molecule has 5 N–H and O–H groups in total. The van der Waals surface area contributed by atoms with Gasteiger partial charge in [0.2, 0.25) is 11.8 Å². The third-order valence-electron chi connectivity index (χ3n) is 11.2. The van der Waals surface area contributed by atoms with E-state index in [1.807, 2.05) is 77.7 Å². The summed E-state index contributed by atoms with van der Waals surface area (Å²) in [6.07, 6.45) is -1.69. The predicted molar refractivity (Wildman–Crippen MR) is 215 cm³/mol. The average molecular weight is 778 g/mol. The van der Waals surface area contributed by atoms with Crippen LogP contribution in [0.15, 0.2) is 133 Å². The van der Waals surface area contributed by atoms with Crippen LogP contribution in [0.3, 0.4) is 0 Å². The molecule has 1 spiro atoms. The quantitative estimate of drug-likeness (QED) is 0.0929. The molecule has 0 aliphatic carbocycles. The summed E-state index contributed by atoms with van der Waals surface area (Å²) in [7, 11) is 0. The number of anilines is 1. The number of benzene rings is 5. The average Bonchev–Trinajstić information content (AvgIpc) is 3.74. The normalized spacial score (nSPS) is 23.8. The summed E-state index contributed by atoms with van der Waals surface area (Å²) < 4.78 is 12.4. The van der Waals surface area contributed by atoms with Crippen molar-refractivity contribution in [2.75, 3.05) is 31.7 Å². The van der Waals surface area contributed by atoms with E-state index in [-0.39, 0.29) is 32.8 Å². The van der Waals surface area contributed by atoms with Crippen molar-refractivity contribution in [3.8, 4) is 17.6 Å². The fraction of sp³-hybridized carbons (Fsp3) is 0.255. The molecule has 3 heterocycles. The summed E-state index contributed by atoms with van der Waals surface area (Å²) in [5.41, 5.74) is 2.40. The van der Waals surface area contributed by atoms with E-state index in [2.05, 4.69) is 22.5 Å². The zero-order valence-corrected chi connectivity index (χ0v) is 31.5. The molecular weight excluding hydrogens is 735 g/mol. The lowest BCUT2D eigenvalue weighted by atomic mass is 9.65. The van der Waals surface area contributed by atoms with Gasteiger partial charge in [-0.15, -0.1) is 0 Å². The monoisotopic (exact) mass is 777 g/mol. The summed E-state index contributed by atoms with van der Waals surface area (Å²) in [6.45, 7) is -0.520. The number of aliphatic hydroxyl groups is 3. The van der Waals surface area contributed by atoms with Crippen molar-refractivity contribution < 1.29 is 39.2 Å². The maximum absolute atomic E-state index is 15.3. The Morgan fingerprint density at radius 3 is 2.22 bits per heavy atom. The van der Waals surface area contributed by atoms with Gasteiger partial charge >= 0.3 is 5.97 Å². The molecule has 58 heavy (non-hydrogen) atoms. The number of nitrogens with zero attached hydrogens (tertiary/aromatic N) is 1. The maximum atomic E-state index is 15.3. The molecule has 2 amide bonds. The summed E-state index contributed by atoms with van der Waals surface area (Å²) >= 11 is 0. The molecule has 0 bridgehead atoms. The minimum atomic E-state index is -1.77. The standard InChI is InChI=1S/C47H43N3O8/c51-24-11-10-13-30-22-23-37-36(27-30)47(46(56)49-37)39(44(54)48-29-38(53)31-14-4-1-5-15-31)41-45(55)58-42(33-18-8-3-9-19-33)40(32-16-6-2-7-17-32)50(41)43(47)34-20-12-21-35(28-34)57-26-25-52/h1-9,12,14-23,27-28,38-43,51-53H,11,24-26,29H2,(H,48,54)(H,49,56)/t38-,39+,40+,41+,42-,43-,47+/m0/s1. The van der Waals surface area contributed by atoms with Gasteiger partial charge in [-0.3, -0.25) is 19.3 Å². The fourth-order valence-corrected chi connectivity index (χ4v) is 8.93. The lowest BCUT2D eigenvalue weighted by Crippen LogP contribution is -2.55. The third-order valence-corrected chi connectivity index (χ3v) is 11.2. The third kappa shape index (κ3) is 6.90. The summed E-state index contributed by atoms with van der Waals surface area (Å²) in [5.74, 6) is 3.29. The van der Waals surface area contributed by atoms with Crippen molar-refractivity contribution in [3.05, 3.63) is 167 Å². The highest BCUT2D eigenvalue weighted by molar-refractivity contribution is 6.12. The Labute approximate surface area is 336 Å². The van der Waals surface area contributed by atoms with Crippen LogP contribution in [-0.4, -0.2) is 70.4 Å². The minimum absolute atomic E-state index is 0.0224. The molecule has 0 unspecified atom stereocenters. The smallest absolute Gasteiger partial charge is 0.324 e. The zero-order valence-electron chi connectivity index (χ0n) is 31.5. The second-order valence-electron chi connectivity index (χ2n) is 14.6. The molecule has 2 fully saturated rings. The fourth-order valence-electron chi connectivity index (χ4n) is 8.93. The lowest BCUT2D eigenvalue weighted by Gasteiger charge is -2.46. The van der Waals surface area contributed by atoms with Gasteiger partial charge < -0.3 is 35.4 Å². The number of morpholine rings is 1. The summed E-state index contributed by atoms with van der Waals surface area (Å²) in [6, 6.07) is 37.4. The van der Waals surface area contributed by atoms with E-state index < -0.39 is 59.5 Å². The number of carbonyl (C=O) groups is 3. The van der Waals surface area contributed by atoms with Crippen LogP contribution in [0.25, 0.3) is 0 Å². The molecule has 3 aliphatic rings. The van der Waals surface area contributed by atoms with Crippen molar-refractivity contribution in [2.45, 2.75) is 42.2 Å². The Balaban J connectivity index is 1.39. The molecule has 0 saturated carbocycles. The van der Waals surface area contributed by atoms with Crippen molar-refractivity contribution >= 4 is 23.5 Å². The van der Waals surface area contributed by atoms with Crippen molar-refractivity contribution in [3.63, 3.8) is 0 Å². The van der Waals surface area contributed by atoms with E-state index >= 15 is 9.59 Å². The van der Waals surface area contributed by atoms with E-state index in [0.29, 0.717) is 33.7 Å². The van der Waals surface area contributed by atoms with Crippen LogP contribution in [-0.2, 0) is 24.5 Å². The van der Waals surface area contributed by atoms with Gasteiger partial charge in [0.05, 0.1) is 37.3 Å². The topological polar surface area (TPSA) is 158 Å². The van der Waals surface area contributed by atoms with Crippen molar-refractivity contribution in [1.29, 1.82) is 0 Å². The van der Waals surface area contributed by atoms with Gasteiger partial charge in [-0.25, -0.2) is 0 Å². The zero-order chi connectivity index (χ0) is 40.2. The number of hydrogen-bond donors (Lipinski definition) is 5. The highest BCUT2D eigenvalue weighted by Crippen LogP contribution is 2.65. The predicted octanol–water partition coefficient (Wildman–Crippen LogP) is 4.91. The molecule has 0 aromatic heterocycles. The van der Waals surface area contributed by atoms with Crippen LogP contribution in [0.2, 0.25) is 0 Å². The lowest BCUT2D eigenvalue weighted by molar-refractivity contribution is -0.178. The number of carbonyl (C=O) groups excluding carboxylic acids is 3. The Bertz CT molecular complexity index is 2350. The molecule has 5 aromatic rings. The number of ether oxygens (including phenoxy) is 2. The molecule has 5 aromatic carbocycles. The number of rotatable bonds is 11. The first kappa shape index (κ1) is 38.6. The number of nitrogens with one attached hydrogen (secondary N) is 2. The number of cyclic esters (lactones) is 1. The maximum Gasteiger partial charge on any atom is 0.324 e. The Hall–Kier alpha value is -6.29. The largest absolute Gasteiger partial charge is 0.491 e. The number of aliphatic hydroxyl groups excluding tert-OH is 3. The molecule has 2 saturated heterocycles. The molecule has 3 aliphatic heterocycles. The Morgan fingerprint density at radius 2 is 1.52 bits per heavy atom. The van der Waals surface area contributed by atoms with Crippen LogP contribution in [0.5, 0.6) is 5.75 Å². The van der Waals surface area contributed by atoms with Gasteiger partial charge in [-0.2, -0.15) is 0 Å². The highest BCUT2D eigenvalue weighted by Gasteiger charge is 2.74. The SMILES string of the molecule is O=C1O[C@@H](c2ccccc2)[C@@H](c2ccccc2)N2[C@@H](c3cccc(OCCO)c3)[C@]3(C(=O)Nc4ccc(C#CCCO)cc43)[C@@H](C(=O)NC[C@H](O)c3ccccc3)[C@H]12. The molecule has 7 atom stereocenters. The molecule has 11 heteroatoms. The van der Waals surface area contributed by atoms with Gasteiger partial charge in [0.1, 0.15) is 29.9 Å². The second kappa shape index (κ2) is 16.7. The van der Waals surface area contributed by atoms with Crippen LogP contribution >= 0.6 is 0 Å². The van der Waals surface area contributed by atoms with E-state index in [1.54, 1.807) is 60.7 Å². The molecule has 294 valence electrons. The van der Waals surface area contributed by atoms with Crippen molar-refractivity contribution in [1.82, 2.24) is 10.2 Å². The van der Waals surface area contributed by atoms with Gasteiger partial charge in [0.15, 0.2) is 0 Å². The first-order valence-corrected chi connectivity index (χ1v) is 19.3. The molecule has 11 nitrogen and oxygen atoms in total. The molecule has 0 radical (unpaired) electrons. The van der Waals surface area contributed by atoms with E-state index in [1.165, 1.54) is 0 Å². The van der Waals surface area contributed by atoms with E-state index in [4.69, 9.17) is 9.47 Å². The summed E-state index contributed by atoms with van der Waals surface area (Å²) in [5, 5.41) is 36.3. The van der Waals surface area contributed by atoms with Gasteiger partial charge in [0.25, 0.3) is 0 Å². The van der Waals surface area contributed by atoms with Gasteiger partial charge in [-0.1, -0.05) is 115 Å². The van der Waals surface area contributed by atoms with Crippen LogP contribution in [0.4, 0.5) is 5.69 Å². The first-order chi connectivity index (χ1) is 28.4. The van der Waals surface area contributed by atoms with E-state index in [0.717, 1.165) is 11.1 Å². The Kier molecular flexibility index (Phi) is 11.1. The van der Waals surface area contributed by atoms with Crippen LogP contribution < -0.4 is 15.4 Å². The minimum Gasteiger partial charge on any atom is -0.491 e. The van der Waals surface area contributed by atoms with Crippen LogP contribution in [0, 0.1) is 17.8 Å². The number of hydrogen-bond acceptors (Lipinski definition) is 9. The second-order valence-corrected chi connectivity index (χ2v) is 14.6. The molecular formula is C47H43N3O8. The van der Waals surface area contributed by atoms with E-state index in [9.17, 15) is 20.1 Å². The molecule has 8 rings (SSSR count). The number of fused-ring (bicyclic) bond motifs is 3. The first-order valence-electron chi connectivity index (χ1n) is 19.3. The van der Waals surface area contributed by atoms with Gasteiger partial charge in [0, 0.05) is 24.2 Å². The van der Waals surface area contributed by atoms with Crippen molar-refractivity contribution in [2.24, 2.45) is 5.92 Å². The van der Waals surface area contributed by atoms with Crippen LogP contribution in [0.1, 0.15) is 64.1 Å².